The molecule has 3 rings (SSSR count). The fourth-order valence-corrected chi connectivity index (χ4v) is 4.57. The monoisotopic (exact) mass is 474 g/mol. The van der Waals surface area contributed by atoms with E-state index in [1.165, 1.54) is 0 Å². The first-order valence-corrected chi connectivity index (χ1v) is 12.1. The third-order valence-corrected chi connectivity index (χ3v) is 6.62. The summed E-state index contributed by atoms with van der Waals surface area (Å²) in [5.41, 5.74) is 2.48. The van der Waals surface area contributed by atoms with Crippen LogP contribution in [-0.2, 0) is 0 Å². The first-order valence-electron chi connectivity index (χ1n) is 11.7. The second-order valence-electron chi connectivity index (χ2n) is 8.91. The number of aliphatic hydroxyl groups excluding tert-OH is 1. The number of anilines is 1. The summed E-state index contributed by atoms with van der Waals surface area (Å²) in [4.78, 5) is 23.3. The van der Waals surface area contributed by atoms with Gasteiger partial charge in [0, 0.05) is 31.8 Å². The van der Waals surface area contributed by atoms with Crippen LogP contribution in [0.15, 0.2) is 24.5 Å². The molecule has 0 radical (unpaired) electrons. The van der Waals surface area contributed by atoms with Gasteiger partial charge in [-0.15, -0.1) is 0 Å². The van der Waals surface area contributed by atoms with E-state index in [4.69, 9.17) is 21.4 Å². The van der Waals surface area contributed by atoms with E-state index >= 15 is 0 Å². The normalized spacial score (nSPS) is 15.4. The molecule has 1 aliphatic heterocycles. The average molecular weight is 475 g/mol. The second kappa shape index (κ2) is 12.2. The lowest BCUT2D eigenvalue weighted by molar-refractivity contribution is 0.0950. The summed E-state index contributed by atoms with van der Waals surface area (Å²) in [6, 6.07) is 3.87. The smallest absolute Gasteiger partial charge is 0.251 e. The predicted octanol–water partition coefficient (Wildman–Crippen LogP) is 4.18. The molecule has 0 aliphatic carbocycles. The van der Waals surface area contributed by atoms with E-state index in [2.05, 4.69) is 27.1 Å². The van der Waals surface area contributed by atoms with Crippen LogP contribution in [0.3, 0.4) is 0 Å². The molecule has 1 aliphatic rings. The van der Waals surface area contributed by atoms with Crippen LogP contribution in [0, 0.1) is 25.7 Å². The van der Waals surface area contributed by atoms with Crippen molar-refractivity contribution in [1.82, 2.24) is 15.3 Å². The van der Waals surface area contributed by atoms with Crippen LogP contribution >= 0.6 is 11.6 Å². The summed E-state index contributed by atoms with van der Waals surface area (Å²) >= 11 is 5.89. The Morgan fingerprint density at radius 1 is 1.24 bits per heavy atom. The van der Waals surface area contributed by atoms with E-state index in [-0.39, 0.29) is 12.5 Å². The zero-order valence-electron chi connectivity index (χ0n) is 19.8. The quantitative estimate of drug-likeness (QED) is 0.502. The van der Waals surface area contributed by atoms with Gasteiger partial charge in [-0.05, 0) is 74.6 Å². The van der Waals surface area contributed by atoms with E-state index in [0.717, 1.165) is 55.2 Å². The molecular formula is C25H35ClN4O3. The van der Waals surface area contributed by atoms with Crippen molar-refractivity contribution in [2.45, 2.75) is 46.5 Å². The van der Waals surface area contributed by atoms with Gasteiger partial charge in [-0.25, -0.2) is 9.97 Å². The molecule has 0 saturated carbocycles. The van der Waals surface area contributed by atoms with Crippen LogP contribution in [0.5, 0.6) is 5.75 Å². The Bertz CT molecular complexity index is 891. The molecule has 1 saturated heterocycles. The molecule has 0 unspecified atom stereocenters. The van der Waals surface area contributed by atoms with Gasteiger partial charge >= 0.3 is 0 Å². The number of aromatic nitrogens is 2. The molecule has 33 heavy (non-hydrogen) atoms. The SMILES string of the molecule is Cc1cc(OCC[C@@H](C)C2CCN(c3ncc(Cl)cn3)CC2)cc(C)c1C(=O)NCCCO. The van der Waals surface area contributed by atoms with Crippen molar-refractivity contribution in [3.63, 3.8) is 0 Å². The lowest BCUT2D eigenvalue weighted by atomic mass is 9.84. The predicted molar refractivity (Wildman–Crippen MR) is 131 cm³/mol. The highest BCUT2D eigenvalue weighted by Crippen LogP contribution is 2.29. The number of benzene rings is 1. The van der Waals surface area contributed by atoms with E-state index in [9.17, 15) is 4.79 Å². The largest absolute Gasteiger partial charge is 0.494 e. The Morgan fingerprint density at radius 3 is 2.48 bits per heavy atom. The number of aliphatic hydroxyl groups is 1. The highest BCUT2D eigenvalue weighted by atomic mass is 35.5. The van der Waals surface area contributed by atoms with E-state index in [0.29, 0.717) is 42.0 Å². The zero-order valence-corrected chi connectivity index (χ0v) is 20.6. The number of hydrogen-bond donors (Lipinski definition) is 2. The average Bonchev–Trinajstić information content (AvgIpc) is 2.79. The van der Waals surface area contributed by atoms with Gasteiger partial charge in [-0.1, -0.05) is 18.5 Å². The van der Waals surface area contributed by atoms with Crippen molar-refractivity contribution in [3.8, 4) is 5.75 Å². The summed E-state index contributed by atoms with van der Waals surface area (Å²) in [5.74, 6) is 2.68. The molecule has 1 aromatic carbocycles. The first kappa shape index (κ1) is 25.2. The number of rotatable bonds is 10. The van der Waals surface area contributed by atoms with Crippen LogP contribution in [0.2, 0.25) is 5.02 Å². The molecule has 8 heteroatoms. The molecule has 180 valence electrons. The fraction of sp³-hybridized carbons (Fsp3) is 0.560. The van der Waals surface area contributed by atoms with Crippen LogP contribution in [0.25, 0.3) is 0 Å². The Balaban J connectivity index is 1.45. The fourth-order valence-electron chi connectivity index (χ4n) is 4.47. The number of aryl methyl sites for hydroxylation is 2. The minimum atomic E-state index is -0.103. The third kappa shape index (κ3) is 7.05. The molecule has 1 fully saturated rings. The van der Waals surface area contributed by atoms with Crippen molar-refractivity contribution in [2.75, 3.05) is 37.7 Å². The van der Waals surface area contributed by atoms with Gasteiger partial charge < -0.3 is 20.1 Å². The maximum atomic E-state index is 12.4. The van der Waals surface area contributed by atoms with Crippen LogP contribution < -0.4 is 15.0 Å². The van der Waals surface area contributed by atoms with Crippen molar-refractivity contribution in [3.05, 3.63) is 46.2 Å². The number of ether oxygens (including phenoxy) is 1. The minimum absolute atomic E-state index is 0.0688. The molecule has 0 bridgehead atoms. The number of hydrogen-bond acceptors (Lipinski definition) is 6. The number of carbonyl (C=O) groups is 1. The van der Waals surface area contributed by atoms with E-state index < -0.39 is 0 Å². The third-order valence-electron chi connectivity index (χ3n) is 6.43. The summed E-state index contributed by atoms with van der Waals surface area (Å²) in [7, 11) is 0. The van der Waals surface area contributed by atoms with E-state index in [1.807, 2.05) is 26.0 Å². The van der Waals surface area contributed by atoms with Crippen molar-refractivity contribution in [1.29, 1.82) is 0 Å². The van der Waals surface area contributed by atoms with Crippen LogP contribution in [0.1, 0.15) is 54.1 Å². The Hall–Kier alpha value is -2.38. The molecule has 2 heterocycles. The van der Waals surface area contributed by atoms with Gasteiger partial charge in [-0.3, -0.25) is 4.79 Å². The van der Waals surface area contributed by atoms with Gasteiger partial charge in [0.05, 0.1) is 24.0 Å². The number of piperidine rings is 1. The topological polar surface area (TPSA) is 87.6 Å². The Labute approximate surface area is 201 Å². The van der Waals surface area contributed by atoms with Crippen molar-refractivity contribution >= 4 is 23.5 Å². The van der Waals surface area contributed by atoms with Gasteiger partial charge in [0.15, 0.2) is 0 Å². The number of carbonyl (C=O) groups excluding carboxylic acids is 1. The summed E-state index contributed by atoms with van der Waals surface area (Å²) in [6.07, 6.45) is 7.07. The molecular weight excluding hydrogens is 440 g/mol. The van der Waals surface area contributed by atoms with E-state index in [1.54, 1.807) is 12.4 Å². The molecule has 2 aromatic rings. The second-order valence-corrected chi connectivity index (χ2v) is 9.34. The zero-order chi connectivity index (χ0) is 23.8. The summed E-state index contributed by atoms with van der Waals surface area (Å²) in [5, 5.41) is 12.3. The van der Waals surface area contributed by atoms with Crippen LogP contribution in [-0.4, -0.2) is 53.8 Å². The van der Waals surface area contributed by atoms with Gasteiger partial charge in [0.2, 0.25) is 5.95 Å². The minimum Gasteiger partial charge on any atom is -0.494 e. The van der Waals surface area contributed by atoms with Gasteiger partial charge in [0.1, 0.15) is 5.75 Å². The molecule has 1 atom stereocenters. The lowest BCUT2D eigenvalue weighted by Crippen LogP contribution is -2.36. The van der Waals surface area contributed by atoms with Crippen LogP contribution in [0.4, 0.5) is 5.95 Å². The van der Waals surface area contributed by atoms with Crippen molar-refractivity contribution < 1.29 is 14.6 Å². The summed E-state index contributed by atoms with van der Waals surface area (Å²) in [6.45, 7) is 9.27. The first-order chi connectivity index (χ1) is 15.9. The van der Waals surface area contributed by atoms with Crippen molar-refractivity contribution in [2.24, 2.45) is 11.8 Å². The molecule has 1 aromatic heterocycles. The number of nitrogens with one attached hydrogen (secondary N) is 1. The summed E-state index contributed by atoms with van der Waals surface area (Å²) < 4.78 is 6.06. The molecule has 1 amide bonds. The van der Waals surface area contributed by atoms with Gasteiger partial charge in [0.25, 0.3) is 5.91 Å². The maximum Gasteiger partial charge on any atom is 0.251 e. The Kier molecular flexibility index (Phi) is 9.32. The molecule has 7 nitrogen and oxygen atoms in total. The molecule has 0 spiro atoms. The standard InChI is InChI=1S/C25H35ClN4O3/c1-17(20-5-9-30(10-6-20)25-28-15-21(26)16-29-25)7-12-33-22-13-18(2)23(19(3)14-22)24(32)27-8-4-11-31/h13-17,20,31H,4-12H2,1-3H3,(H,27,32)/t17-/m1/s1. The highest BCUT2D eigenvalue weighted by Gasteiger charge is 2.25. The lowest BCUT2D eigenvalue weighted by Gasteiger charge is -2.34. The molecule has 2 N–H and O–H groups in total. The van der Waals surface area contributed by atoms with Gasteiger partial charge in [-0.2, -0.15) is 0 Å². The Morgan fingerprint density at radius 2 is 1.88 bits per heavy atom. The number of amides is 1. The highest BCUT2D eigenvalue weighted by molar-refractivity contribution is 6.30. The maximum absolute atomic E-state index is 12.4. The number of halogens is 1. The number of nitrogens with zero attached hydrogens (tertiary/aromatic N) is 3.